The van der Waals surface area contributed by atoms with Crippen molar-refractivity contribution in [1.29, 1.82) is 0 Å². The van der Waals surface area contributed by atoms with Gasteiger partial charge >= 0.3 is 0 Å². The van der Waals surface area contributed by atoms with Crippen molar-refractivity contribution in [2.45, 2.75) is 18.8 Å². The maximum Gasteiger partial charge on any atom is 0.251 e. The Morgan fingerprint density at radius 2 is 1.58 bits per heavy atom. The maximum absolute atomic E-state index is 15.2. The summed E-state index contributed by atoms with van der Waals surface area (Å²) in [6.45, 7) is 0.292. The monoisotopic (exact) mass is 469 g/mol. The van der Waals surface area contributed by atoms with Crippen LogP contribution in [0.1, 0.15) is 18.4 Å². The smallest absolute Gasteiger partial charge is 0.251 e. The molecule has 2 heterocycles. The lowest BCUT2D eigenvalue weighted by atomic mass is 9.95. The standard InChI is InChI=1S/C26H19F4NOS/c27-20-4-1-16(2-5-20)22-14-19(13-17-7-12-32-24(17)22)21-6-3-18(15-23(21)28)25(33)31-10-8-26(29,30)9-11-31/h1-7,12-15H,8-11H2. The van der Waals surface area contributed by atoms with Crippen molar-refractivity contribution in [3.05, 3.63) is 84.1 Å². The van der Waals surface area contributed by atoms with E-state index in [0.717, 1.165) is 16.5 Å². The van der Waals surface area contributed by atoms with E-state index in [0.29, 0.717) is 27.3 Å². The molecule has 1 saturated heterocycles. The second kappa shape index (κ2) is 8.30. The van der Waals surface area contributed by atoms with Crippen LogP contribution < -0.4 is 0 Å². The number of thiocarbonyl (C=S) groups is 1. The Bertz CT molecular complexity index is 1340. The molecule has 1 fully saturated rings. The summed E-state index contributed by atoms with van der Waals surface area (Å²) in [4.78, 5) is 2.07. The summed E-state index contributed by atoms with van der Waals surface area (Å²) in [5.74, 6) is -3.49. The van der Waals surface area contributed by atoms with Gasteiger partial charge in [-0.25, -0.2) is 17.6 Å². The van der Waals surface area contributed by atoms with Crippen molar-refractivity contribution in [3.63, 3.8) is 0 Å². The van der Waals surface area contributed by atoms with E-state index in [-0.39, 0.29) is 31.7 Å². The molecule has 3 aromatic carbocycles. The van der Waals surface area contributed by atoms with E-state index >= 15 is 4.39 Å². The van der Waals surface area contributed by atoms with Crippen molar-refractivity contribution in [3.8, 4) is 22.3 Å². The third-order valence-electron chi connectivity index (χ3n) is 6.02. The highest BCUT2D eigenvalue weighted by atomic mass is 32.1. The number of hydrogen-bond acceptors (Lipinski definition) is 2. The first-order chi connectivity index (χ1) is 15.8. The van der Waals surface area contributed by atoms with Gasteiger partial charge in [-0.3, -0.25) is 0 Å². The first kappa shape index (κ1) is 21.6. The summed E-state index contributed by atoms with van der Waals surface area (Å²) in [6, 6.07) is 16.2. The number of furan rings is 1. The molecule has 0 spiro atoms. The molecule has 0 bridgehead atoms. The predicted molar refractivity (Wildman–Crippen MR) is 124 cm³/mol. The van der Waals surface area contributed by atoms with Crippen LogP contribution in [0, 0.1) is 11.6 Å². The number of likely N-dealkylation sites (tertiary alicyclic amines) is 1. The van der Waals surface area contributed by atoms with Crippen LogP contribution >= 0.6 is 12.2 Å². The second-order valence-electron chi connectivity index (χ2n) is 8.21. The van der Waals surface area contributed by atoms with Gasteiger partial charge in [0.15, 0.2) is 0 Å². The van der Waals surface area contributed by atoms with Crippen LogP contribution in [0.4, 0.5) is 17.6 Å². The van der Waals surface area contributed by atoms with E-state index in [2.05, 4.69) is 0 Å². The van der Waals surface area contributed by atoms with Crippen LogP contribution in [0.2, 0.25) is 0 Å². The molecule has 4 aromatic rings. The summed E-state index contributed by atoms with van der Waals surface area (Å²) in [5.41, 5.74) is 3.60. The fourth-order valence-corrected chi connectivity index (χ4v) is 4.49. The van der Waals surface area contributed by atoms with Gasteiger partial charge in [-0.15, -0.1) is 0 Å². The van der Waals surface area contributed by atoms with Crippen molar-refractivity contribution < 1.29 is 22.0 Å². The predicted octanol–water partition coefficient (Wildman–Crippen LogP) is 7.45. The Labute approximate surface area is 193 Å². The third-order valence-corrected chi connectivity index (χ3v) is 6.51. The lowest BCUT2D eigenvalue weighted by Gasteiger charge is -2.33. The van der Waals surface area contributed by atoms with Gasteiger partial charge in [-0.05, 0) is 47.5 Å². The molecule has 0 amide bonds. The highest BCUT2D eigenvalue weighted by molar-refractivity contribution is 7.80. The van der Waals surface area contributed by atoms with Crippen LogP contribution in [0.15, 0.2) is 71.3 Å². The lowest BCUT2D eigenvalue weighted by molar-refractivity contribution is -0.0430. The van der Waals surface area contributed by atoms with Gasteiger partial charge < -0.3 is 9.32 Å². The minimum absolute atomic E-state index is 0.146. The lowest BCUT2D eigenvalue weighted by Crippen LogP contribution is -2.42. The number of rotatable bonds is 3. The normalized spacial score (nSPS) is 15.7. The largest absolute Gasteiger partial charge is 0.464 e. The minimum atomic E-state index is -2.67. The number of halogens is 4. The van der Waals surface area contributed by atoms with E-state index in [1.54, 1.807) is 41.5 Å². The number of benzene rings is 3. The van der Waals surface area contributed by atoms with Gasteiger partial charge in [0.05, 0.1) is 6.26 Å². The zero-order chi connectivity index (χ0) is 23.2. The number of hydrogen-bond donors (Lipinski definition) is 0. The fraction of sp³-hybridized carbons (Fsp3) is 0.192. The van der Waals surface area contributed by atoms with Crippen LogP contribution in [0.5, 0.6) is 0 Å². The molecule has 0 atom stereocenters. The summed E-state index contributed by atoms with van der Waals surface area (Å²) < 4.78 is 61.2. The molecule has 2 nitrogen and oxygen atoms in total. The van der Waals surface area contributed by atoms with Crippen LogP contribution in [-0.4, -0.2) is 28.9 Å². The first-order valence-electron chi connectivity index (χ1n) is 10.5. The molecule has 1 aliphatic heterocycles. The summed E-state index contributed by atoms with van der Waals surface area (Å²) in [5, 5.41) is 0.792. The van der Waals surface area contributed by atoms with Crippen molar-refractivity contribution >= 4 is 28.2 Å². The molecular formula is C26H19F4NOS. The molecule has 0 N–H and O–H groups in total. The molecule has 1 aliphatic rings. The molecule has 168 valence electrons. The summed E-state index contributed by atoms with van der Waals surface area (Å²) in [6.07, 6.45) is 1.04. The molecule has 0 saturated carbocycles. The van der Waals surface area contributed by atoms with Gasteiger partial charge in [-0.1, -0.05) is 36.5 Å². The van der Waals surface area contributed by atoms with Crippen LogP contribution in [0.25, 0.3) is 33.2 Å². The molecule has 1 aromatic heterocycles. The van der Waals surface area contributed by atoms with Crippen LogP contribution in [-0.2, 0) is 0 Å². The Balaban J connectivity index is 1.49. The van der Waals surface area contributed by atoms with E-state index in [1.807, 2.05) is 12.1 Å². The molecule has 33 heavy (non-hydrogen) atoms. The van der Waals surface area contributed by atoms with Crippen LogP contribution in [0.3, 0.4) is 0 Å². The maximum atomic E-state index is 15.2. The zero-order valence-electron chi connectivity index (χ0n) is 17.5. The second-order valence-corrected chi connectivity index (χ2v) is 8.60. The molecule has 7 heteroatoms. The quantitative estimate of drug-likeness (QED) is 0.229. The summed E-state index contributed by atoms with van der Waals surface area (Å²) in [7, 11) is 0. The van der Waals surface area contributed by atoms with Crippen molar-refractivity contribution in [1.82, 2.24) is 4.90 Å². The van der Waals surface area contributed by atoms with E-state index < -0.39 is 11.7 Å². The van der Waals surface area contributed by atoms with Gasteiger partial charge in [0.25, 0.3) is 5.92 Å². The molecule has 0 aliphatic carbocycles. The molecule has 0 radical (unpaired) electrons. The fourth-order valence-electron chi connectivity index (χ4n) is 4.18. The number of nitrogens with zero attached hydrogens (tertiary/aromatic N) is 1. The third kappa shape index (κ3) is 4.25. The number of fused-ring (bicyclic) bond motifs is 1. The van der Waals surface area contributed by atoms with Gasteiger partial charge in [0.1, 0.15) is 22.2 Å². The van der Waals surface area contributed by atoms with E-state index in [4.69, 9.17) is 16.6 Å². The first-order valence-corrected chi connectivity index (χ1v) is 11.0. The Morgan fingerprint density at radius 3 is 2.27 bits per heavy atom. The Kier molecular flexibility index (Phi) is 5.44. The molecule has 5 rings (SSSR count). The van der Waals surface area contributed by atoms with E-state index in [9.17, 15) is 13.2 Å². The summed E-state index contributed by atoms with van der Waals surface area (Å²) >= 11 is 5.45. The van der Waals surface area contributed by atoms with Gasteiger partial charge in [-0.2, -0.15) is 0 Å². The van der Waals surface area contributed by atoms with Crippen molar-refractivity contribution in [2.24, 2.45) is 0 Å². The topological polar surface area (TPSA) is 16.4 Å². The average molecular weight is 470 g/mol. The van der Waals surface area contributed by atoms with Crippen molar-refractivity contribution in [2.75, 3.05) is 13.1 Å². The Hall–Kier alpha value is -3.19. The SMILES string of the molecule is Fc1ccc(-c2cc(-c3ccc(C(=S)N4CCC(F)(F)CC4)cc3F)cc3ccoc23)cc1. The number of alkyl halides is 2. The molecular weight excluding hydrogens is 450 g/mol. The van der Waals surface area contributed by atoms with E-state index in [1.165, 1.54) is 18.2 Å². The zero-order valence-corrected chi connectivity index (χ0v) is 18.3. The number of piperidine rings is 1. The average Bonchev–Trinajstić information content (AvgIpc) is 3.27. The highest BCUT2D eigenvalue weighted by Gasteiger charge is 2.34. The Morgan fingerprint density at radius 1 is 0.848 bits per heavy atom. The molecule has 0 unspecified atom stereocenters. The van der Waals surface area contributed by atoms with Gasteiger partial charge in [0, 0.05) is 48.0 Å². The van der Waals surface area contributed by atoms with Gasteiger partial charge in [0.2, 0.25) is 0 Å². The highest BCUT2D eigenvalue weighted by Crippen LogP contribution is 2.36. The minimum Gasteiger partial charge on any atom is -0.464 e.